The Morgan fingerprint density at radius 2 is 2.19 bits per heavy atom. The maximum Gasteiger partial charge on any atom is 0.251 e. The summed E-state index contributed by atoms with van der Waals surface area (Å²) in [5.41, 5.74) is 1.64. The van der Waals surface area contributed by atoms with E-state index in [1.165, 1.54) is 12.8 Å². The largest absolute Gasteiger partial charge is 0.395 e. The van der Waals surface area contributed by atoms with Crippen LogP contribution in [0.5, 0.6) is 0 Å². The highest BCUT2D eigenvalue weighted by Gasteiger charge is 2.16. The lowest BCUT2D eigenvalue weighted by Crippen LogP contribution is -2.29. The van der Waals surface area contributed by atoms with Gasteiger partial charge in [0.05, 0.1) is 6.61 Å². The van der Waals surface area contributed by atoms with Gasteiger partial charge < -0.3 is 21.1 Å². The molecule has 1 fully saturated rings. The topological polar surface area (TPSA) is 73.4 Å². The van der Waals surface area contributed by atoms with Crippen LogP contribution in [0.3, 0.4) is 0 Å². The molecule has 0 spiro atoms. The van der Waals surface area contributed by atoms with Crippen LogP contribution in [0.4, 0.5) is 5.69 Å². The molecule has 0 aromatic heterocycles. The highest BCUT2D eigenvalue weighted by Crippen LogP contribution is 2.15. The molecule has 1 saturated heterocycles. The lowest BCUT2D eigenvalue weighted by molar-refractivity contribution is 0.0945. The summed E-state index contributed by atoms with van der Waals surface area (Å²) in [5.74, 6) is -0.154. The molecule has 2 unspecified atom stereocenters. The van der Waals surface area contributed by atoms with Crippen molar-refractivity contribution in [3.8, 4) is 0 Å². The quantitative estimate of drug-likeness (QED) is 0.612. The monoisotopic (exact) mass is 291 g/mol. The number of aliphatic hydroxyl groups excluding tert-OH is 1. The van der Waals surface area contributed by atoms with Crippen molar-refractivity contribution in [1.29, 1.82) is 0 Å². The first kappa shape index (κ1) is 15.8. The van der Waals surface area contributed by atoms with Crippen LogP contribution in [0.25, 0.3) is 0 Å². The first-order valence-electron chi connectivity index (χ1n) is 7.68. The Morgan fingerprint density at radius 3 is 2.81 bits per heavy atom. The SMILES string of the molecule is CC(CC1CCCN1)Nc1ccc(C(=O)NCCO)cc1. The van der Waals surface area contributed by atoms with E-state index >= 15 is 0 Å². The number of nitrogens with one attached hydrogen (secondary N) is 3. The van der Waals surface area contributed by atoms with E-state index in [0.29, 0.717) is 17.6 Å². The molecule has 1 aromatic carbocycles. The van der Waals surface area contributed by atoms with Crippen LogP contribution in [0.2, 0.25) is 0 Å². The van der Waals surface area contributed by atoms with Gasteiger partial charge in [-0.3, -0.25) is 4.79 Å². The van der Waals surface area contributed by atoms with Gasteiger partial charge in [-0.2, -0.15) is 0 Å². The minimum Gasteiger partial charge on any atom is -0.395 e. The van der Waals surface area contributed by atoms with Gasteiger partial charge in [0.2, 0.25) is 0 Å². The van der Waals surface area contributed by atoms with E-state index in [2.05, 4.69) is 22.9 Å². The van der Waals surface area contributed by atoms with Crippen LogP contribution in [0, 0.1) is 0 Å². The van der Waals surface area contributed by atoms with E-state index in [1.54, 1.807) is 12.1 Å². The van der Waals surface area contributed by atoms with E-state index < -0.39 is 0 Å². The van der Waals surface area contributed by atoms with Crippen LogP contribution in [-0.4, -0.2) is 42.8 Å². The van der Waals surface area contributed by atoms with Gasteiger partial charge >= 0.3 is 0 Å². The van der Waals surface area contributed by atoms with Gasteiger partial charge in [-0.25, -0.2) is 0 Å². The van der Waals surface area contributed by atoms with Gasteiger partial charge in [-0.15, -0.1) is 0 Å². The standard InChI is InChI=1S/C16H25N3O2/c1-12(11-15-3-2-8-17-15)19-14-6-4-13(5-7-14)16(21)18-9-10-20/h4-7,12,15,17,19-20H,2-3,8-11H2,1H3,(H,18,21). The molecule has 2 atom stereocenters. The second kappa shape index (κ2) is 8.00. The number of aliphatic hydroxyl groups is 1. The van der Waals surface area contributed by atoms with Crippen molar-refractivity contribution < 1.29 is 9.90 Å². The molecule has 1 aromatic rings. The second-order valence-electron chi connectivity index (χ2n) is 5.63. The summed E-state index contributed by atoms with van der Waals surface area (Å²) in [5, 5.41) is 18.3. The lowest BCUT2D eigenvalue weighted by Gasteiger charge is -2.19. The number of rotatable bonds is 7. The highest BCUT2D eigenvalue weighted by molar-refractivity contribution is 5.94. The van der Waals surface area contributed by atoms with Crippen molar-refractivity contribution in [2.24, 2.45) is 0 Å². The fourth-order valence-corrected chi connectivity index (χ4v) is 2.72. The van der Waals surface area contributed by atoms with E-state index in [0.717, 1.165) is 18.7 Å². The van der Waals surface area contributed by atoms with Gasteiger partial charge in [0, 0.05) is 29.9 Å². The Morgan fingerprint density at radius 1 is 1.43 bits per heavy atom. The maximum atomic E-state index is 11.7. The fourth-order valence-electron chi connectivity index (χ4n) is 2.72. The number of anilines is 1. The summed E-state index contributed by atoms with van der Waals surface area (Å²) >= 11 is 0. The number of hydrogen-bond donors (Lipinski definition) is 4. The van der Waals surface area contributed by atoms with E-state index in [-0.39, 0.29) is 19.1 Å². The number of carbonyl (C=O) groups is 1. The molecule has 5 nitrogen and oxygen atoms in total. The smallest absolute Gasteiger partial charge is 0.251 e. The van der Waals surface area contributed by atoms with Crippen molar-refractivity contribution in [3.05, 3.63) is 29.8 Å². The Kier molecular flexibility index (Phi) is 6.02. The Balaban J connectivity index is 1.82. The number of hydrogen-bond acceptors (Lipinski definition) is 4. The van der Waals surface area contributed by atoms with Crippen molar-refractivity contribution in [1.82, 2.24) is 10.6 Å². The zero-order chi connectivity index (χ0) is 15.1. The molecule has 0 saturated carbocycles. The van der Waals surface area contributed by atoms with Crippen molar-refractivity contribution in [2.45, 2.75) is 38.3 Å². The Bertz CT molecular complexity index is 441. The molecule has 116 valence electrons. The van der Waals surface area contributed by atoms with Gasteiger partial charge in [0.15, 0.2) is 0 Å². The fraction of sp³-hybridized carbons (Fsp3) is 0.562. The Hall–Kier alpha value is -1.59. The van der Waals surface area contributed by atoms with E-state index in [4.69, 9.17) is 5.11 Å². The molecule has 0 aliphatic carbocycles. The summed E-state index contributed by atoms with van der Waals surface area (Å²) in [7, 11) is 0. The van der Waals surface area contributed by atoms with E-state index in [9.17, 15) is 4.79 Å². The highest BCUT2D eigenvalue weighted by atomic mass is 16.3. The number of amides is 1. The van der Waals surface area contributed by atoms with Crippen molar-refractivity contribution in [2.75, 3.05) is 25.0 Å². The van der Waals surface area contributed by atoms with Crippen molar-refractivity contribution >= 4 is 11.6 Å². The van der Waals surface area contributed by atoms with E-state index in [1.807, 2.05) is 12.1 Å². The zero-order valence-corrected chi connectivity index (χ0v) is 12.6. The van der Waals surface area contributed by atoms with Crippen molar-refractivity contribution in [3.63, 3.8) is 0 Å². The molecule has 0 radical (unpaired) electrons. The predicted octanol–water partition coefficient (Wildman–Crippen LogP) is 1.35. The molecule has 1 aliphatic rings. The summed E-state index contributed by atoms with van der Waals surface area (Å²) in [6.07, 6.45) is 3.64. The minimum absolute atomic E-state index is 0.0436. The summed E-state index contributed by atoms with van der Waals surface area (Å²) in [6.45, 7) is 3.55. The molecular weight excluding hydrogens is 266 g/mol. The average molecular weight is 291 g/mol. The first-order chi connectivity index (χ1) is 10.2. The lowest BCUT2D eigenvalue weighted by atomic mass is 10.1. The molecule has 0 bridgehead atoms. The maximum absolute atomic E-state index is 11.7. The van der Waals surface area contributed by atoms with Crippen LogP contribution < -0.4 is 16.0 Å². The first-order valence-corrected chi connectivity index (χ1v) is 7.68. The van der Waals surface area contributed by atoms with Crippen LogP contribution in [0.1, 0.15) is 36.5 Å². The van der Waals surface area contributed by atoms with Gasteiger partial charge in [-0.05, 0) is 57.0 Å². The minimum atomic E-state index is -0.154. The second-order valence-corrected chi connectivity index (χ2v) is 5.63. The van der Waals surface area contributed by atoms with Crippen LogP contribution in [0.15, 0.2) is 24.3 Å². The molecule has 2 rings (SSSR count). The molecular formula is C16H25N3O2. The summed E-state index contributed by atoms with van der Waals surface area (Å²) < 4.78 is 0. The zero-order valence-electron chi connectivity index (χ0n) is 12.6. The Labute approximate surface area is 126 Å². The molecule has 4 N–H and O–H groups in total. The van der Waals surface area contributed by atoms with Gasteiger partial charge in [0.25, 0.3) is 5.91 Å². The van der Waals surface area contributed by atoms with Crippen LogP contribution in [-0.2, 0) is 0 Å². The summed E-state index contributed by atoms with van der Waals surface area (Å²) in [4.78, 5) is 11.7. The van der Waals surface area contributed by atoms with Gasteiger partial charge in [-0.1, -0.05) is 0 Å². The molecule has 1 amide bonds. The third kappa shape index (κ3) is 5.02. The molecule has 5 heteroatoms. The normalized spacial score (nSPS) is 19.2. The molecule has 1 aliphatic heterocycles. The summed E-state index contributed by atoms with van der Waals surface area (Å²) in [6, 6.07) is 8.47. The molecule has 21 heavy (non-hydrogen) atoms. The third-order valence-corrected chi connectivity index (χ3v) is 3.76. The van der Waals surface area contributed by atoms with Crippen LogP contribution >= 0.6 is 0 Å². The predicted molar refractivity (Wildman–Crippen MR) is 84.6 cm³/mol. The number of benzene rings is 1. The third-order valence-electron chi connectivity index (χ3n) is 3.76. The van der Waals surface area contributed by atoms with Gasteiger partial charge in [0.1, 0.15) is 0 Å². The number of carbonyl (C=O) groups excluding carboxylic acids is 1. The average Bonchev–Trinajstić information content (AvgIpc) is 2.98. The molecule has 1 heterocycles.